The maximum Gasteiger partial charge on any atom is 0.270 e. The van der Waals surface area contributed by atoms with Crippen molar-refractivity contribution in [2.45, 2.75) is 13.5 Å². The summed E-state index contributed by atoms with van der Waals surface area (Å²) in [5.74, 6) is 1.43. The number of nitrogens with zero attached hydrogens (tertiary/aromatic N) is 2. The zero-order valence-corrected chi connectivity index (χ0v) is 18.6. The largest absolute Gasteiger partial charge is 0.497 e. The Hall–Kier alpha value is -2.48. The molecule has 0 spiro atoms. The Labute approximate surface area is 179 Å². The number of carbonyl (C=O) groups is 1. The van der Waals surface area contributed by atoms with Crippen molar-refractivity contribution in [2.24, 2.45) is 0 Å². The number of benzene rings is 2. The van der Waals surface area contributed by atoms with Crippen molar-refractivity contribution < 1.29 is 14.3 Å². The highest BCUT2D eigenvalue weighted by atomic mass is 127. The van der Waals surface area contributed by atoms with E-state index in [4.69, 9.17) is 9.47 Å². The van der Waals surface area contributed by atoms with Crippen LogP contribution < -0.4 is 9.47 Å². The Morgan fingerprint density at radius 2 is 1.71 bits per heavy atom. The summed E-state index contributed by atoms with van der Waals surface area (Å²) in [6.45, 7) is 2.37. The Morgan fingerprint density at radius 1 is 1.07 bits per heavy atom. The molecular weight excluding hydrogens is 467 g/mol. The summed E-state index contributed by atoms with van der Waals surface area (Å²) in [5, 5.41) is 0. The molecule has 2 aromatic carbocycles. The number of aromatic nitrogens is 1. The van der Waals surface area contributed by atoms with E-state index in [1.807, 2.05) is 66.1 Å². The molecule has 1 heterocycles. The van der Waals surface area contributed by atoms with Crippen molar-refractivity contribution in [3.05, 3.63) is 75.1 Å². The van der Waals surface area contributed by atoms with E-state index in [1.54, 1.807) is 26.1 Å². The summed E-state index contributed by atoms with van der Waals surface area (Å²) >= 11 is 2.24. The first-order valence-corrected chi connectivity index (χ1v) is 9.95. The Kier molecular flexibility index (Phi) is 6.28. The van der Waals surface area contributed by atoms with Crippen LogP contribution in [0.1, 0.15) is 21.6 Å². The standard InChI is InChI=1S/C22H23IN2O3/c1-15-19(22(26)24(2)3)25(17-10-12-18(27-4)13-11-17)21(23)20(15)28-14-16-8-6-5-7-9-16/h5-13H,14H2,1-4H3. The van der Waals surface area contributed by atoms with E-state index < -0.39 is 0 Å². The van der Waals surface area contributed by atoms with Crippen LogP contribution in [0.5, 0.6) is 11.5 Å². The van der Waals surface area contributed by atoms with Crippen molar-refractivity contribution in [1.82, 2.24) is 9.47 Å². The molecule has 0 aliphatic carbocycles. The van der Waals surface area contributed by atoms with Gasteiger partial charge in [0, 0.05) is 25.3 Å². The second kappa shape index (κ2) is 8.68. The summed E-state index contributed by atoms with van der Waals surface area (Å²) in [4.78, 5) is 14.5. The van der Waals surface area contributed by atoms with Crippen LogP contribution in [0.3, 0.4) is 0 Å². The van der Waals surface area contributed by atoms with E-state index in [0.29, 0.717) is 12.3 Å². The molecular formula is C22H23IN2O3. The van der Waals surface area contributed by atoms with E-state index in [9.17, 15) is 4.79 Å². The molecule has 0 saturated heterocycles. The minimum atomic E-state index is -0.0687. The second-order valence-electron chi connectivity index (χ2n) is 6.60. The van der Waals surface area contributed by atoms with Crippen LogP contribution in [-0.2, 0) is 6.61 Å². The first kappa shape index (κ1) is 20.3. The highest BCUT2D eigenvalue weighted by Crippen LogP contribution is 2.35. The third kappa shape index (κ3) is 4.01. The van der Waals surface area contributed by atoms with Crippen LogP contribution in [0.25, 0.3) is 5.69 Å². The fraction of sp³-hybridized carbons (Fsp3) is 0.227. The number of amides is 1. The lowest BCUT2D eigenvalue weighted by Crippen LogP contribution is -2.25. The average Bonchev–Trinajstić information content (AvgIpc) is 2.96. The van der Waals surface area contributed by atoms with Crippen LogP contribution in [0, 0.1) is 10.6 Å². The molecule has 0 unspecified atom stereocenters. The first-order chi connectivity index (χ1) is 13.4. The smallest absolute Gasteiger partial charge is 0.270 e. The highest BCUT2D eigenvalue weighted by molar-refractivity contribution is 14.1. The molecule has 0 atom stereocenters. The Morgan fingerprint density at radius 3 is 2.29 bits per heavy atom. The molecule has 6 heteroatoms. The number of methoxy groups -OCH3 is 1. The van der Waals surface area contributed by atoms with E-state index in [-0.39, 0.29) is 5.91 Å². The third-order valence-electron chi connectivity index (χ3n) is 4.47. The molecule has 1 amide bonds. The zero-order valence-electron chi connectivity index (χ0n) is 16.4. The summed E-state index contributed by atoms with van der Waals surface area (Å²) in [7, 11) is 5.14. The lowest BCUT2D eigenvalue weighted by atomic mass is 10.2. The normalized spacial score (nSPS) is 10.6. The maximum absolute atomic E-state index is 12.9. The molecule has 28 heavy (non-hydrogen) atoms. The van der Waals surface area contributed by atoms with Gasteiger partial charge in [-0.15, -0.1) is 0 Å². The molecule has 0 fully saturated rings. The van der Waals surface area contributed by atoms with Gasteiger partial charge in [-0.3, -0.25) is 9.36 Å². The van der Waals surface area contributed by atoms with Gasteiger partial charge in [0.15, 0.2) is 5.75 Å². The predicted molar refractivity (Wildman–Crippen MR) is 119 cm³/mol. The van der Waals surface area contributed by atoms with Crippen molar-refractivity contribution in [3.63, 3.8) is 0 Å². The van der Waals surface area contributed by atoms with Crippen molar-refractivity contribution in [3.8, 4) is 17.2 Å². The molecule has 5 nitrogen and oxygen atoms in total. The molecule has 1 aromatic heterocycles. The Balaban J connectivity index is 2.07. The second-order valence-corrected chi connectivity index (χ2v) is 7.62. The van der Waals surface area contributed by atoms with Crippen LogP contribution in [0.15, 0.2) is 54.6 Å². The van der Waals surface area contributed by atoms with Crippen LogP contribution in [-0.4, -0.2) is 36.6 Å². The topological polar surface area (TPSA) is 43.7 Å². The summed E-state index contributed by atoms with van der Waals surface area (Å²) in [5.41, 5.74) is 3.39. The fourth-order valence-corrected chi connectivity index (χ4v) is 4.05. The molecule has 3 rings (SSSR count). The van der Waals surface area contributed by atoms with Gasteiger partial charge >= 0.3 is 0 Å². The van der Waals surface area contributed by atoms with E-state index in [0.717, 1.165) is 32.0 Å². The monoisotopic (exact) mass is 490 g/mol. The molecule has 0 N–H and O–H groups in total. The van der Waals surface area contributed by atoms with Gasteiger partial charge in [-0.1, -0.05) is 30.3 Å². The number of rotatable bonds is 6. The summed E-state index contributed by atoms with van der Waals surface area (Å²) in [6, 6.07) is 17.6. The van der Waals surface area contributed by atoms with Crippen LogP contribution in [0.2, 0.25) is 0 Å². The predicted octanol–water partition coefficient (Wildman–Crippen LogP) is 4.68. The van der Waals surface area contributed by atoms with Crippen molar-refractivity contribution >= 4 is 28.5 Å². The number of hydrogen-bond acceptors (Lipinski definition) is 3. The van der Waals surface area contributed by atoms with Crippen LogP contribution >= 0.6 is 22.6 Å². The van der Waals surface area contributed by atoms with Gasteiger partial charge in [-0.25, -0.2) is 0 Å². The molecule has 0 aliphatic heterocycles. The van der Waals surface area contributed by atoms with Gasteiger partial charge in [0.1, 0.15) is 21.8 Å². The van der Waals surface area contributed by atoms with Crippen molar-refractivity contribution in [1.29, 1.82) is 0 Å². The van der Waals surface area contributed by atoms with Gasteiger partial charge in [0.2, 0.25) is 0 Å². The van der Waals surface area contributed by atoms with Gasteiger partial charge < -0.3 is 14.4 Å². The first-order valence-electron chi connectivity index (χ1n) is 8.87. The van der Waals surface area contributed by atoms with Gasteiger partial charge in [-0.2, -0.15) is 0 Å². The minimum Gasteiger partial charge on any atom is -0.497 e. The number of halogens is 1. The third-order valence-corrected chi connectivity index (χ3v) is 5.44. The maximum atomic E-state index is 12.9. The molecule has 146 valence electrons. The number of ether oxygens (including phenoxy) is 2. The minimum absolute atomic E-state index is 0.0687. The van der Waals surface area contributed by atoms with E-state index in [2.05, 4.69) is 22.6 Å². The molecule has 0 aliphatic rings. The zero-order chi connectivity index (χ0) is 20.3. The van der Waals surface area contributed by atoms with Gasteiger partial charge in [0.25, 0.3) is 5.91 Å². The van der Waals surface area contributed by atoms with Gasteiger partial charge in [0.05, 0.1) is 7.11 Å². The fourth-order valence-electron chi connectivity index (χ4n) is 2.97. The number of carbonyl (C=O) groups excluding carboxylic acids is 1. The SMILES string of the molecule is COc1ccc(-n2c(I)c(OCc3ccccc3)c(C)c2C(=O)N(C)C)cc1. The number of hydrogen-bond donors (Lipinski definition) is 0. The molecule has 3 aromatic rings. The lowest BCUT2D eigenvalue weighted by Gasteiger charge is -2.15. The van der Waals surface area contributed by atoms with Gasteiger partial charge in [-0.05, 0) is 59.3 Å². The Bertz CT molecular complexity index is 964. The van der Waals surface area contributed by atoms with Crippen LogP contribution in [0.4, 0.5) is 0 Å². The lowest BCUT2D eigenvalue weighted by molar-refractivity contribution is 0.0819. The molecule has 0 saturated carbocycles. The molecule has 0 radical (unpaired) electrons. The highest BCUT2D eigenvalue weighted by Gasteiger charge is 2.26. The van der Waals surface area contributed by atoms with Crippen molar-refractivity contribution in [2.75, 3.05) is 21.2 Å². The van der Waals surface area contributed by atoms with E-state index in [1.165, 1.54) is 0 Å². The quantitative estimate of drug-likeness (QED) is 0.472. The van der Waals surface area contributed by atoms with E-state index >= 15 is 0 Å². The average molecular weight is 490 g/mol. The summed E-state index contributed by atoms with van der Waals surface area (Å²) in [6.07, 6.45) is 0. The molecule has 0 bridgehead atoms. The summed E-state index contributed by atoms with van der Waals surface area (Å²) < 4.78 is 14.2.